The van der Waals surface area contributed by atoms with Gasteiger partial charge in [-0.05, 0) is 47.3 Å². The maximum Gasteiger partial charge on any atom is 0.336 e. The molecule has 0 amide bonds. The lowest BCUT2D eigenvalue weighted by atomic mass is 10.0. The minimum absolute atomic E-state index is 0.301. The number of halogens is 1. The van der Waals surface area contributed by atoms with Crippen molar-refractivity contribution >= 4 is 32.7 Å². The number of hydrogen-bond acceptors (Lipinski definition) is 2. The molecule has 3 rings (SSSR count). The summed E-state index contributed by atoms with van der Waals surface area (Å²) in [5.74, 6) is -0.924. The molecule has 21 heavy (non-hydrogen) atoms. The molecule has 3 aromatic rings. The van der Waals surface area contributed by atoms with Gasteiger partial charge in [0.2, 0.25) is 0 Å². The lowest BCUT2D eigenvalue weighted by molar-refractivity contribution is 0.0699. The number of benzene rings is 2. The van der Waals surface area contributed by atoms with Crippen molar-refractivity contribution in [3.05, 3.63) is 57.8 Å². The lowest BCUT2D eigenvalue weighted by Gasteiger charge is -2.10. The molecule has 1 aromatic heterocycles. The average molecular weight is 345 g/mol. The van der Waals surface area contributed by atoms with Crippen molar-refractivity contribution in [2.45, 2.75) is 13.8 Å². The van der Waals surface area contributed by atoms with Crippen LogP contribution in [0.2, 0.25) is 0 Å². The van der Waals surface area contributed by atoms with Gasteiger partial charge in [0.25, 0.3) is 0 Å². The van der Waals surface area contributed by atoms with Gasteiger partial charge >= 0.3 is 5.97 Å². The summed E-state index contributed by atoms with van der Waals surface area (Å²) >= 11 is 3.52. The number of nitrogens with zero attached hydrogens (tertiary/aromatic N) is 2. The first-order valence-electron chi connectivity index (χ1n) is 6.48. The predicted octanol–water partition coefficient (Wildman–Crippen LogP) is 4.10. The van der Waals surface area contributed by atoms with E-state index in [1.54, 1.807) is 12.1 Å². The van der Waals surface area contributed by atoms with E-state index in [2.05, 4.69) is 21.0 Å². The van der Waals surface area contributed by atoms with Crippen LogP contribution >= 0.6 is 15.9 Å². The number of aromatic carboxylic acids is 1. The van der Waals surface area contributed by atoms with E-state index in [1.807, 2.05) is 42.8 Å². The number of rotatable bonds is 2. The highest BCUT2D eigenvalue weighted by Gasteiger charge is 2.15. The molecule has 4 nitrogen and oxygen atoms in total. The summed E-state index contributed by atoms with van der Waals surface area (Å²) in [7, 11) is 0. The van der Waals surface area contributed by atoms with E-state index in [4.69, 9.17) is 0 Å². The molecule has 1 N–H and O–H groups in total. The van der Waals surface area contributed by atoms with Gasteiger partial charge in [-0.2, -0.15) is 5.10 Å². The molecule has 0 fully saturated rings. The first kappa shape index (κ1) is 13.8. The zero-order valence-electron chi connectivity index (χ0n) is 11.6. The first-order chi connectivity index (χ1) is 10.0. The second-order valence-electron chi connectivity index (χ2n) is 4.88. The van der Waals surface area contributed by atoms with Crippen LogP contribution in [0.1, 0.15) is 21.7 Å². The molecule has 106 valence electrons. The Morgan fingerprint density at radius 3 is 2.38 bits per heavy atom. The van der Waals surface area contributed by atoms with Crippen LogP contribution < -0.4 is 0 Å². The molecule has 5 heteroatoms. The van der Waals surface area contributed by atoms with Gasteiger partial charge in [0.1, 0.15) is 0 Å². The van der Waals surface area contributed by atoms with E-state index in [-0.39, 0.29) is 0 Å². The standard InChI is InChI=1S/C16H13BrN2O2/c1-9-15(17)10(2)19(18-9)14-8-7-13(16(20)21)11-5-3-4-6-12(11)14/h3-8H,1-2H3,(H,20,21). The van der Waals surface area contributed by atoms with Gasteiger partial charge in [-0.3, -0.25) is 0 Å². The molecule has 1 heterocycles. The molecule has 0 aliphatic rings. The molecule has 0 unspecified atom stereocenters. The molecule has 0 aliphatic carbocycles. The normalized spacial score (nSPS) is 11.0. The minimum atomic E-state index is -0.924. The van der Waals surface area contributed by atoms with Gasteiger partial charge in [0, 0.05) is 5.39 Å². The zero-order valence-corrected chi connectivity index (χ0v) is 13.2. The van der Waals surface area contributed by atoms with Crippen molar-refractivity contribution in [2.24, 2.45) is 0 Å². The highest BCUT2D eigenvalue weighted by Crippen LogP contribution is 2.29. The largest absolute Gasteiger partial charge is 0.478 e. The summed E-state index contributed by atoms with van der Waals surface area (Å²) in [4.78, 5) is 11.4. The van der Waals surface area contributed by atoms with Gasteiger partial charge in [-0.25, -0.2) is 9.48 Å². The second kappa shape index (κ2) is 5.00. The molecular formula is C16H13BrN2O2. The minimum Gasteiger partial charge on any atom is -0.478 e. The number of carbonyl (C=O) groups is 1. The quantitative estimate of drug-likeness (QED) is 0.761. The Morgan fingerprint density at radius 1 is 1.14 bits per heavy atom. The molecule has 0 radical (unpaired) electrons. The molecular weight excluding hydrogens is 332 g/mol. The van der Waals surface area contributed by atoms with Crippen molar-refractivity contribution < 1.29 is 9.90 Å². The van der Waals surface area contributed by atoms with Crippen LogP contribution in [0.25, 0.3) is 16.5 Å². The van der Waals surface area contributed by atoms with Crippen molar-refractivity contribution in [1.29, 1.82) is 0 Å². The summed E-state index contributed by atoms with van der Waals surface area (Å²) in [6, 6.07) is 10.9. The van der Waals surface area contributed by atoms with Crippen molar-refractivity contribution in [1.82, 2.24) is 9.78 Å². The number of aryl methyl sites for hydroxylation is 1. The molecule has 0 saturated carbocycles. The fourth-order valence-electron chi connectivity index (χ4n) is 2.51. The summed E-state index contributed by atoms with van der Waals surface area (Å²) in [5.41, 5.74) is 3.07. The van der Waals surface area contributed by atoms with Gasteiger partial charge in [-0.15, -0.1) is 0 Å². The van der Waals surface area contributed by atoms with Gasteiger partial charge in [0.15, 0.2) is 0 Å². The number of aromatic nitrogens is 2. The maximum atomic E-state index is 11.4. The van der Waals surface area contributed by atoms with E-state index in [0.717, 1.165) is 26.9 Å². The fourth-order valence-corrected chi connectivity index (χ4v) is 2.76. The third-order valence-electron chi connectivity index (χ3n) is 3.56. The van der Waals surface area contributed by atoms with E-state index in [9.17, 15) is 9.90 Å². The third kappa shape index (κ3) is 2.14. The smallest absolute Gasteiger partial charge is 0.336 e. The molecule has 0 aliphatic heterocycles. The molecule has 0 saturated heterocycles. The van der Waals surface area contributed by atoms with Gasteiger partial charge < -0.3 is 5.11 Å². The first-order valence-corrected chi connectivity index (χ1v) is 7.27. The molecule has 2 aromatic carbocycles. The van der Waals surface area contributed by atoms with Crippen LogP contribution in [0.3, 0.4) is 0 Å². The summed E-state index contributed by atoms with van der Waals surface area (Å²) < 4.78 is 2.81. The van der Waals surface area contributed by atoms with Crippen molar-refractivity contribution in [3.8, 4) is 5.69 Å². The van der Waals surface area contributed by atoms with Crippen LogP contribution in [0, 0.1) is 13.8 Å². The molecule has 0 atom stereocenters. The Labute approximate surface area is 130 Å². The Bertz CT molecular complexity index is 868. The van der Waals surface area contributed by atoms with E-state index in [0.29, 0.717) is 10.9 Å². The van der Waals surface area contributed by atoms with E-state index in [1.165, 1.54) is 0 Å². The summed E-state index contributed by atoms with van der Waals surface area (Å²) in [6.45, 7) is 3.91. The summed E-state index contributed by atoms with van der Waals surface area (Å²) in [6.07, 6.45) is 0. The Kier molecular flexibility index (Phi) is 3.29. The number of carboxylic acid groups (broad SMARTS) is 1. The van der Waals surface area contributed by atoms with E-state index < -0.39 is 5.97 Å². The molecule has 0 bridgehead atoms. The van der Waals surface area contributed by atoms with E-state index >= 15 is 0 Å². The Morgan fingerprint density at radius 2 is 1.81 bits per heavy atom. The van der Waals surface area contributed by atoms with Crippen LogP contribution in [0.15, 0.2) is 40.9 Å². The topological polar surface area (TPSA) is 55.1 Å². The fraction of sp³-hybridized carbons (Fsp3) is 0.125. The monoisotopic (exact) mass is 344 g/mol. The average Bonchev–Trinajstić information content (AvgIpc) is 2.73. The van der Waals surface area contributed by atoms with Crippen LogP contribution in [0.5, 0.6) is 0 Å². The van der Waals surface area contributed by atoms with Crippen LogP contribution in [-0.4, -0.2) is 20.9 Å². The Hall–Kier alpha value is -2.14. The number of fused-ring (bicyclic) bond motifs is 1. The lowest BCUT2D eigenvalue weighted by Crippen LogP contribution is -2.03. The van der Waals surface area contributed by atoms with Crippen LogP contribution in [0.4, 0.5) is 0 Å². The van der Waals surface area contributed by atoms with Crippen molar-refractivity contribution in [3.63, 3.8) is 0 Å². The van der Waals surface area contributed by atoms with Gasteiger partial charge in [-0.1, -0.05) is 24.3 Å². The van der Waals surface area contributed by atoms with Crippen molar-refractivity contribution in [2.75, 3.05) is 0 Å². The second-order valence-corrected chi connectivity index (χ2v) is 5.67. The zero-order chi connectivity index (χ0) is 15.1. The number of hydrogen-bond donors (Lipinski definition) is 1. The highest BCUT2D eigenvalue weighted by atomic mass is 79.9. The maximum absolute atomic E-state index is 11.4. The number of carboxylic acids is 1. The highest BCUT2D eigenvalue weighted by molar-refractivity contribution is 9.10. The third-order valence-corrected chi connectivity index (χ3v) is 4.71. The predicted molar refractivity (Wildman–Crippen MR) is 85.2 cm³/mol. The molecule has 0 spiro atoms. The summed E-state index contributed by atoms with van der Waals surface area (Å²) in [5, 5.41) is 15.4. The van der Waals surface area contributed by atoms with Gasteiger partial charge in [0.05, 0.1) is 27.1 Å². The Balaban J connectivity index is 2.37. The van der Waals surface area contributed by atoms with Crippen LogP contribution in [-0.2, 0) is 0 Å². The SMILES string of the molecule is Cc1nn(-c2ccc(C(=O)O)c3ccccc23)c(C)c1Br.